The number of hydrogen-bond acceptors (Lipinski definition) is 6. The van der Waals surface area contributed by atoms with Gasteiger partial charge in [-0.3, -0.25) is 10.0 Å². The van der Waals surface area contributed by atoms with Crippen molar-refractivity contribution in [2.45, 2.75) is 18.1 Å². The van der Waals surface area contributed by atoms with Crippen molar-refractivity contribution < 1.29 is 8.78 Å². The molecule has 0 saturated carbocycles. The molecule has 3 heterocycles. The van der Waals surface area contributed by atoms with Crippen LogP contribution in [0.5, 0.6) is 0 Å². The number of benzene rings is 1. The minimum Gasteiger partial charge on any atom is -0.277 e. The Bertz CT molecular complexity index is 795. The van der Waals surface area contributed by atoms with Gasteiger partial charge in [0.25, 0.3) is 6.43 Å². The predicted octanol–water partition coefficient (Wildman–Crippen LogP) is 3.09. The minimum atomic E-state index is -2.43. The first-order chi connectivity index (χ1) is 11.2. The molecule has 5 nitrogen and oxygen atoms in total. The summed E-state index contributed by atoms with van der Waals surface area (Å²) >= 11 is 1.45. The number of alkyl halides is 2. The Labute approximate surface area is 136 Å². The van der Waals surface area contributed by atoms with Crippen LogP contribution in [0.15, 0.2) is 40.6 Å². The average Bonchev–Trinajstić information content (AvgIpc) is 2.85. The van der Waals surface area contributed by atoms with Crippen LogP contribution < -0.4 is 5.01 Å². The van der Waals surface area contributed by atoms with Gasteiger partial charge in [-0.05, 0) is 18.4 Å². The smallest absolute Gasteiger partial charge is 0.257 e. The van der Waals surface area contributed by atoms with Crippen molar-refractivity contribution >= 4 is 29.1 Å². The summed E-state index contributed by atoms with van der Waals surface area (Å²) in [5.74, 6) is 1.28. The Morgan fingerprint density at radius 1 is 1.30 bits per heavy atom. The molecule has 0 radical (unpaired) electrons. The maximum absolute atomic E-state index is 13.0. The summed E-state index contributed by atoms with van der Waals surface area (Å²) in [6, 6.07) is 7.46. The van der Waals surface area contributed by atoms with Gasteiger partial charge < -0.3 is 0 Å². The molecule has 0 fully saturated rings. The van der Waals surface area contributed by atoms with Crippen LogP contribution in [0.1, 0.15) is 11.1 Å². The molecule has 0 N–H and O–H groups in total. The number of hydrazine groups is 1. The molecule has 0 amide bonds. The molecule has 0 atom stereocenters. The lowest BCUT2D eigenvalue weighted by molar-refractivity contribution is 0.140. The van der Waals surface area contributed by atoms with Crippen LogP contribution in [0.2, 0.25) is 0 Å². The zero-order valence-electron chi connectivity index (χ0n) is 12.3. The second kappa shape index (κ2) is 5.45. The molecule has 0 saturated heterocycles. The van der Waals surface area contributed by atoms with Crippen molar-refractivity contribution in [2.75, 3.05) is 17.8 Å². The van der Waals surface area contributed by atoms with Gasteiger partial charge >= 0.3 is 0 Å². The Morgan fingerprint density at radius 2 is 2.13 bits per heavy atom. The van der Waals surface area contributed by atoms with Crippen molar-refractivity contribution in [3.63, 3.8) is 0 Å². The quantitative estimate of drug-likeness (QED) is 0.638. The van der Waals surface area contributed by atoms with E-state index < -0.39 is 6.43 Å². The molecular weight excluding hydrogens is 320 g/mol. The Morgan fingerprint density at radius 3 is 2.91 bits per heavy atom. The molecule has 2 aliphatic rings. The average molecular weight is 333 g/mol. The second-order valence-corrected chi connectivity index (χ2v) is 5.96. The highest BCUT2D eigenvalue weighted by Gasteiger charge is 2.37. The summed E-state index contributed by atoms with van der Waals surface area (Å²) in [5, 5.41) is 4.02. The van der Waals surface area contributed by atoms with Crippen molar-refractivity contribution in [3.05, 3.63) is 41.6 Å². The number of amidine groups is 1. The predicted molar refractivity (Wildman–Crippen MR) is 85.3 cm³/mol. The Kier molecular flexibility index (Phi) is 3.41. The molecule has 4 rings (SSSR count). The minimum absolute atomic E-state index is 0.366. The van der Waals surface area contributed by atoms with Crippen LogP contribution in [0, 0.1) is 0 Å². The van der Waals surface area contributed by atoms with Gasteiger partial charge in [0.1, 0.15) is 6.54 Å². The van der Waals surface area contributed by atoms with Crippen LogP contribution in [0.25, 0.3) is 0 Å². The van der Waals surface area contributed by atoms with E-state index in [1.807, 2.05) is 30.5 Å². The molecule has 2 aromatic rings. The van der Waals surface area contributed by atoms with E-state index in [9.17, 15) is 8.78 Å². The van der Waals surface area contributed by atoms with Gasteiger partial charge in [-0.25, -0.2) is 23.7 Å². The van der Waals surface area contributed by atoms with Gasteiger partial charge in [0.05, 0.1) is 12.2 Å². The summed E-state index contributed by atoms with van der Waals surface area (Å²) in [5.41, 5.74) is 2.43. The first kappa shape index (κ1) is 14.4. The lowest BCUT2D eigenvalue weighted by atomic mass is 10.1. The number of nitrogens with zero attached hydrogens (tertiary/aromatic N) is 5. The molecule has 1 aromatic carbocycles. The van der Waals surface area contributed by atoms with E-state index in [1.165, 1.54) is 11.8 Å². The molecule has 0 aliphatic carbocycles. The van der Waals surface area contributed by atoms with Crippen LogP contribution in [0.4, 0.5) is 20.3 Å². The van der Waals surface area contributed by atoms with Crippen molar-refractivity contribution in [1.29, 1.82) is 0 Å². The van der Waals surface area contributed by atoms with Crippen molar-refractivity contribution in [1.82, 2.24) is 15.0 Å². The first-order valence-electron chi connectivity index (χ1n) is 7.08. The molecule has 0 bridgehead atoms. The highest BCUT2D eigenvalue weighted by atomic mass is 32.2. The molecule has 23 heavy (non-hydrogen) atoms. The summed E-state index contributed by atoms with van der Waals surface area (Å²) in [6.45, 7) is 0.0688. The highest BCUT2D eigenvalue weighted by molar-refractivity contribution is 7.98. The van der Waals surface area contributed by atoms with E-state index >= 15 is 0 Å². The largest absolute Gasteiger partial charge is 0.277 e. The Balaban J connectivity index is 1.83. The lowest BCUT2D eigenvalue weighted by Crippen LogP contribution is -2.44. The molecular formula is C15H13F2N5S. The number of aromatic nitrogens is 2. The fraction of sp³-hybridized carbons (Fsp3) is 0.267. The van der Waals surface area contributed by atoms with Crippen LogP contribution in [-0.4, -0.2) is 40.0 Å². The summed E-state index contributed by atoms with van der Waals surface area (Å²) in [4.78, 5) is 13.3. The van der Waals surface area contributed by atoms with Crippen LogP contribution >= 0.6 is 11.8 Å². The van der Waals surface area contributed by atoms with E-state index in [-0.39, 0.29) is 6.54 Å². The second-order valence-electron chi connectivity index (χ2n) is 5.19. The molecule has 1 aromatic heterocycles. The third-order valence-corrected chi connectivity index (χ3v) is 4.37. The number of aliphatic imine (C=N–C) groups is 1. The topological polar surface area (TPSA) is 44.6 Å². The number of fused-ring (bicyclic) bond motifs is 4. The van der Waals surface area contributed by atoms with Crippen molar-refractivity contribution in [3.8, 4) is 0 Å². The third kappa shape index (κ3) is 2.33. The van der Waals surface area contributed by atoms with Crippen LogP contribution in [0.3, 0.4) is 0 Å². The van der Waals surface area contributed by atoms with E-state index in [0.29, 0.717) is 23.4 Å². The van der Waals surface area contributed by atoms with Gasteiger partial charge in [-0.2, -0.15) is 0 Å². The summed E-state index contributed by atoms with van der Waals surface area (Å²) < 4.78 is 26.0. The lowest BCUT2D eigenvalue weighted by Gasteiger charge is -2.33. The van der Waals surface area contributed by atoms with E-state index in [2.05, 4.69) is 15.0 Å². The highest BCUT2D eigenvalue weighted by Crippen LogP contribution is 2.38. The zero-order chi connectivity index (χ0) is 16.0. The Hall–Kier alpha value is -2.22. The molecule has 0 unspecified atom stereocenters. The first-order valence-corrected chi connectivity index (χ1v) is 8.31. The molecule has 2 aliphatic heterocycles. The maximum atomic E-state index is 13.0. The van der Waals surface area contributed by atoms with Gasteiger partial charge in [0, 0.05) is 17.3 Å². The molecule has 118 valence electrons. The SMILES string of the molecule is CSc1ncc2c(n1)N=C1c3ccccc3N(CC(F)F)N1C2. The van der Waals surface area contributed by atoms with Crippen molar-refractivity contribution in [2.24, 2.45) is 4.99 Å². The van der Waals surface area contributed by atoms with Gasteiger partial charge in [0.2, 0.25) is 0 Å². The van der Waals surface area contributed by atoms with Gasteiger partial charge in [-0.1, -0.05) is 23.9 Å². The summed E-state index contributed by atoms with van der Waals surface area (Å²) in [7, 11) is 0. The molecule has 8 heteroatoms. The third-order valence-electron chi connectivity index (χ3n) is 3.80. The standard InChI is InChI=1S/C15H13F2N5S/c1-23-15-18-6-9-7-22-14(19-13(9)20-15)10-4-2-3-5-11(10)21(22)8-12(16)17/h2-6,12H,7-8H2,1H3. The van der Waals surface area contributed by atoms with Gasteiger partial charge in [-0.15, -0.1) is 0 Å². The fourth-order valence-electron chi connectivity index (χ4n) is 2.83. The zero-order valence-corrected chi connectivity index (χ0v) is 13.1. The van der Waals surface area contributed by atoms with Crippen LogP contribution in [-0.2, 0) is 6.54 Å². The number of rotatable bonds is 3. The number of anilines is 1. The number of hydrogen-bond donors (Lipinski definition) is 0. The maximum Gasteiger partial charge on any atom is 0.257 e. The number of thioether (sulfide) groups is 1. The van der Waals surface area contributed by atoms with E-state index in [0.717, 1.165) is 16.8 Å². The monoisotopic (exact) mass is 333 g/mol. The van der Waals surface area contributed by atoms with Gasteiger partial charge in [0.15, 0.2) is 16.8 Å². The number of halogens is 2. The number of para-hydroxylation sites is 1. The fourth-order valence-corrected chi connectivity index (χ4v) is 3.16. The summed E-state index contributed by atoms with van der Waals surface area (Å²) in [6.07, 6.45) is 1.19. The molecule has 0 spiro atoms. The van der Waals surface area contributed by atoms with E-state index in [1.54, 1.807) is 16.2 Å². The normalized spacial score (nSPS) is 15.4. The van der Waals surface area contributed by atoms with E-state index in [4.69, 9.17) is 0 Å².